The number of fused-ring (bicyclic) bond motifs is 1. The molecule has 0 radical (unpaired) electrons. The molecule has 0 atom stereocenters. The van der Waals surface area contributed by atoms with E-state index in [1.165, 1.54) is 0 Å². The number of hydrogen-bond acceptors (Lipinski definition) is 3. The zero-order valence-corrected chi connectivity index (χ0v) is 14.8. The van der Waals surface area contributed by atoms with E-state index in [-0.39, 0.29) is 23.8 Å². The van der Waals surface area contributed by atoms with Gasteiger partial charge in [0.25, 0.3) is 0 Å². The lowest BCUT2D eigenvalue weighted by atomic mass is 9.85. The Labute approximate surface area is 148 Å². The summed E-state index contributed by atoms with van der Waals surface area (Å²) in [4.78, 5) is 28.4. The predicted molar refractivity (Wildman–Crippen MR) is 98.0 cm³/mol. The minimum atomic E-state index is -0.224. The van der Waals surface area contributed by atoms with E-state index in [9.17, 15) is 9.59 Å². The number of nitrogens with zero attached hydrogens (tertiary/aromatic N) is 1. The number of aromatic nitrogens is 1. The lowest BCUT2D eigenvalue weighted by Crippen LogP contribution is -2.40. The number of carbonyl (C=O) groups excluding carboxylic acids is 2. The molecule has 1 saturated carbocycles. The molecule has 0 bridgehead atoms. The first-order valence-electron chi connectivity index (χ1n) is 8.89. The molecule has 5 heteroatoms. The van der Waals surface area contributed by atoms with E-state index in [1.807, 2.05) is 31.2 Å². The Morgan fingerprint density at radius 1 is 1.16 bits per heavy atom. The number of nitrogens with one attached hydrogen (secondary N) is 1. The molecule has 132 valence electrons. The molecule has 0 saturated heterocycles. The zero-order valence-electron chi connectivity index (χ0n) is 14.8. The smallest absolute Gasteiger partial charge is 0.224 e. The lowest BCUT2D eigenvalue weighted by molar-refractivity contribution is -0.123. The van der Waals surface area contributed by atoms with Crippen LogP contribution in [0.2, 0.25) is 0 Å². The Bertz CT molecular complexity index is 808. The van der Waals surface area contributed by atoms with Gasteiger partial charge in [-0.3, -0.25) is 14.6 Å². The number of hydrogen-bond donors (Lipinski definition) is 2. The second kappa shape index (κ2) is 7.21. The number of carbonyl (C=O) groups is 2. The van der Waals surface area contributed by atoms with E-state index in [0.29, 0.717) is 6.42 Å². The highest BCUT2D eigenvalue weighted by Gasteiger charge is 2.25. The van der Waals surface area contributed by atoms with Crippen LogP contribution in [0.3, 0.4) is 0 Å². The Kier molecular flexibility index (Phi) is 5.02. The van der Waals surface area contributed by atoms with Crippen LogP contribution >= 0.6 is 0 Å². The summed E-state index contributed by atoms with van der Waals surface area (Å²) >= 11 is 0. The van der Waals surface area contributed by atoms with Crippen molar-refractivity contribution in [2.45, 2.75) is 52.0 Å². The first kappa shape index (κ1) is 17.4. The number of para-hydroxylation sites is 1. The Balaban J connectivity index is 1.67. The van der Waals surface area contributed by atoms with Gasteiger partial charge < -0.3 is 11.1 Å². The van der Waals surface area contributed by atoms with Crippen molar-refractivity contribution >= 4 is 22.7 Å². The first-order chi connectivity index (χ1) is 12.0. The molecular formula is C20H25N3O2. The number of rotatable bonds is 4. The summed E-state index contributed by atoms with van der Waals surface area (Å²) in [6.45, 7) is 4.01. The van der Waals surface area contributed by atoms with Crippen molar-refractivity contribution in [1.29, 1.82) is 0 Å². The third-order valence-electron chi connectivity index (χ3n) is 5.32. The van der Waals surface area contributed by atoms with E-state index in [4.69, 9.17) is 5.73 Å². The Morgan fingerprint density at radius 3 is 2.52 bits per heavy atom. The van der Waals surface area contributed by atoms with Crippen molar-refractivity contribution in [3.8, 4) is 0 Å². The number of nitrogens with two attached hydrogens (primary N) is 1. The zero-order chi connectivity index (χ0) is 18.0. The summed E-state index contributed by atoms with van der Waals surface area (Å²) in [7, 11) is 0. The van der Waals surface area contributed by atoms with Crippen molar-refractivity contribution in [3.63, 3.8) is 0 Å². The minimum absolute atomic E-state index is 0.0193. The SMILES string of the molecule is Cc1nc2ccccc2c(C)c1CC(=O)NC1CCC(C(N)=O)CC1. The Hall–Kier alpha value is -2.43. The third-order valence-corrected chi connectivity index (χ3v) is 5.32. The highest BCUT2D eigenvalue weighted by Crippen LogP contribution is 2.25. The molecule has 5 nitrogen and oxygen atoms in total. The van der Waals surface area contributed by atoms with Crippen molar-refractivity contribution in [3.05, 3.63) is 41.1 Å². The normalized spacial score (nSPS) is 20.4. The molecule has 0 aliphatic heterocycles. The Morgan fingerprint density at radius 2 is 1.84 bits per heavy atom. The molecule has 0 spiro atoms. The highest BCUT2D eigenvalue weighted by molar-refractivity contribution is 5.86. The monoisotopic (exact) mass is 339 g/mol. The summed E-state index contributed by atoms with van der Waals surface area (Å²) in [5.41, 5.74) is 9.35. The molecule has 3 rings (SSSR count). The van der Waals surface area contributed by atoms with Gasteiger partial charge in [-0.1, -0.05) is 18.2 Å². The summed E-state index contributed by atoms with van der Waals surface area (Å²) in [5.74, 6) is -0.244. The van der Waals surface area contributed by atoms with Crippen LogP contribution in [-0.2, 0) is 16.0 Å². The second-order valence-corrected chi connectivity index (χ2v) is 7.01. The average Bonchev–Trinajstić information content (AvgIpc) is 2.59. The van der Waals surface area contributed by atoms with Gasteiger partial charge in [0.15, 0.2) is 0 Å². The molecule has 1 fully saturated rings. The maximum Gasteiger partial charge on any atom is 0.224 e. The van der Waals surface area contributed by atoms with Crippen LogP contribution in [0.1, 0.15) is 42.5 Å². The molecule has 1 heterocycles. The van der Waals surface area contributed by atoms with Gasteiger partial charge >= 0.3 is 0 Å². The molecule has 25 heavy (non-hydrogen) atoms. The molecule has 2 aromatic rings. The molecular weight excluding hydrogens is 314 g/mol. The second-order valence-electron chi connectivity index (χ2n) is 7.01. The van der Waals surface area contributed by atoms with Gasteiger partial charge in [0.1, 0.15) is 0 Å². The van der Waals surface area contributed by atoms with Gasteiger partial charge in [-0.2, -0.15) is 0 Å². The van der Waals surface area contributed by atoms with E-state index in [0.717, 1.165) is 53.4 Å². The summed E-state index contributed by atoms with van der Waals surface area (Å²) in [6.07, 6.45) is 3.48. The lowest BCUT2D eigenvalue weighted by Gasteiger charge is -2.27. The molecule has 1 aliphatic rings. The molecule has 1 aromatic heterocycles. The first-order valence-corrected chi connectivity index (χ1v) is 8.89. The van der Waals surface area contributed by atoms with Crippen molar-refractivity contribution in [2.24, 2.45) is 11.7 Å². The predicted octanol–water partition coefficient (Wildman–Crippen LogP) is 2.55. The van der Waals surface area contributed by atoms with Crippen molar-refractivity contribution in [1.82, 2.24) is 10.3 Å². The van der Waals surface area contributed by atoms with Crippen LogP contribution < -0.4 is 11.1 Å². The number of aryl methyl sites for hydroxylation is 2. The van der Waals surface area contributed by atoms with Crippen LogP contribution in [0, 0.1) is 19.8 Å². The van der Waals surface area contributed by atoms with Gasteiger partial charge in [0.05, 0.1) is 11.9 Å². The number of benzene rings is 1. The van der Waals surface area contributed by atoms with Crippen LogP contribution in [0.4, 0.5) is 0 Å². The van der Waals surface area contributed by atoms with Gasteiger partial charge in [0.2, 0.25) is 11.8 Å². The fourth-order valence-corrected chi connectivity index (χ4v) is 3.79. The van der Waals surface area contributed by atoms with Crippen LogP contribution in [0.15, 0.2) is 24.3 Å². The maximum absolute atomic E-state index is 12.5. The maximum atomic E-state index is 12.5. The standard InChI is InChI=1S/C20H25N3O2/c1-12-16-5-3-4-6-18(16)22-13(2)17(12)11-19(24)23-15-9-7-14(8-10-15)20(21)25/h3-6,14-15H,7-11H2,1-2H3,(H2,21,25)(H,23,24). The van der Waals surface area contributed by atoms with E-state index < -0.39 is 0 Å². The molecule has 2 amide bonds. The van der Waals surface area contributed by atoms with E-state index in [2.05, 4.69) is 17.2 Å². The number of pyridine rings is 1. The minimum Gasteiger partial charge on any atom is -0.369 e. The molecule has 1 aliphatic carbocycles. The fraction of sp³-hybridized carbons (Fsp3) is 0.450. The van der Waals surface area contributed by atoms with E-state index in [1.54, 1.807) is 0 Å². The molecule has 3 N–H and O–H groups in total. The fourth-order valence-electron chi connectivity index (χ4n) is 3.79. The van der Waals surface area contributed by atoms with Gasteiger partial charge in [-0.05, 0) is 56.7 Å². The van der Waals surface area contributed by atoms with Gasteiger partial charge in [-0.25, -0.2) is 0 Å². The quantitative estimate of drug-likeness (QED) is 0.898. The van der Waals surface area contributed by atoms with Crippen LogP contribution in [-0.4, -0.2) is 22.8 Å². The molecule has 1 aromatic carbocycles. The van der Waals surface area contributed by atoms with Gasteiger partial charge in [0, 0.05) is 23.0 Å². The summed E-state index contributed by atoms with van der Waals surface area (Å²) < 4.78 is 0. The van der Waals surface area contributed by atoms with Crippen molar-refractivity contribution < 1.29 is 9.59 Å². The van der Waals surface area contributed by atoms with Crippen LogP contribution in [0.25, 0.3) is 10.9 Å². The van der Waals surface area contributed by atoms with E-state index >= 15 is 0 Å². The van der Waals surface area contributed by atoms with Crippen LogP contribution in [0.5, 0.6) is 0 Å². The third kappa shape index (κ3) is 3.81. The number of amides is 2. The molecule has 0 unspecified atom stereocenters. The highest BCUT2D eigenvalue weighted by atomic mass is 16.2. The summed E-state index contributed by atoms with van der Waals surface area (Å²) in [5, 5.41) is 4.21. The topological polar surface area (TPSA) is 85.1 Å². The van der Waals surface area contributed by atoms with Gasteiger partial charge in [-0.15, -0.1) is 0 Å². The number of primary amides is 1. The largest absolute Gasteiger partial charge is 0.369 e. The van der Waals surface area contributed by atoms with Crippen molar-refractivity contribution in [2.75, 3.05) is 0 Å². The average molecular weight is 339 g/mol. The summed E-state index contributed by atoms with van der Waals surface area (Å²) in [6, 6.07) is 8.15.